The van der Waals surface area contributed by atoms with Gasteiger partial charge >= 0.3 is 12.4 Å². The second-order valence-electron chi connectivity index (χ2n) is 6.74. The van der Waals surface area contributed by atoms with Crippen LogP contribution < -0.4 is 10.1 Å². The summed E-state index contributed by atoms with van der Waals surface area (Å²) in [6.45, 7) is 2.16. The molecule has 0 radical (unpaired) electrons. The molecule has 0 bridgehead atoms. The summed E-state index contributed by atoms with van der Waals surface area (Å²) in [7, 11) is 0. The Morgan fingerprint density at radius 1 is 0.968 bits per heavy atom. The summed E-state index contributed by atoms with van der Waals surface area (Å²) in [4.78, 5) is 11.9. The van der Waals surface area contributed by atoms with Crippen LogP contribution in [0.15, 0.2) is 48.5 Å². The van der Waals surface area contributed by atoms with Crippen molar-refractivity contribution in [3.63, 3.8) is 0 Å². The minimum absolute atomic E-state index is 0.0425. The highest BCUT2D eigenvalue weighted by Crippen LogP contribution is 2.36. The molecule has 2 rings (SSSR count). The third-order valence-corrected chi connectivity index (χ3v) is 4.19. The lowest BCUT2D eigenvalue weighted by Gasteiger charge is -2.14. The predicted octanol–water partition coefficient (Wildman–Crippen LogP) is 6.23. The molecule has 0 aliphatic carbocycles. The number of nitrogens with one attached hydrogen (secondary N) is 1. The Hall–Kier alpha value is -2.97. The number of amides is 1. The largest absolute Gasteiger partial charge is 0.494 e. The number of hydrogen-bond acceptors (Lipinski definition) is 2. The fourth-order valence-corrected chi connectivity index (χ4v) is 2.55. The van der Waals surface area contributed by atoms with Crippen LogP contribution in [0.3, 0.4) is 0 Å². The van der Waals surface area contributed by atoms with E-state index in [9.17, 15) is 31.1 Å². The highest BCUT2D eigenvalue weighted by Gasteiger charge is 2.36. The molecule has 1 amide bonds. The Balaban J connectivity index is 2.00. The topological polar surface area (TPSA) is 38.3 Å². The standard InChI is InChI=1S/C22H21F6NO2/c1-2-3-10-31-19-7-4-15(5-8-19)6-9-20(30)29-14-16-11-17(21(23,24)25)13-18(12-16)22(26,27)28/h4-9,11-13H,2-3,10,14H2,1H3,(H,29,30). The molecule has 0 atom stereocenters. The Morgan fingerprint density at radius 3 is 2.06 bits per heavy atom. The molecule has 0 aliphatic heterocycles. The number of halogens is 6. The summed E-state index contributed by atoms with van der Waals surface area (Å²) >= 11 is 0. The fraction of sp³-hybridized carbons (Fsp3) is 0.318. The normalized spacial score (nSPS) is 12.2. The highest BCUT2D eigenvalue weighted by atomic mass is 19.4. The predicted molar refractivity (Wildman–Crippen MR) is 104 cm³/mol. The second-order valence-corrected chi connectivity index (χ2v) is 6.74. The average molecular weight is 445 g/mol. The van der Waals surface area contributed by atoms with Crippen molar-refractivity contribution in [1.82, 2.24) is 5.32 Å². The van der Waals surface area contributed by atoms with E-state index in [1.165, 1.54) is 6.08 Å². The minimum Gasteiger partial charge on any atom is -0.494 e. The first-order valence-electron chi connectivity index (χ1n) is 9.46. The summed E-state index contributed by atoms with van der Waals surface area (Å²) in [6, 6.07) is 8.10. The van der Waals surface area contributed by atoms with Gasteiger partial charge in [-0.1, -0.05) is 25.5 Å². The molecule has 0 aliphatic rings. The van der Waals surface area contributed by atoms with Gasteiger partial charge in [0.25, 0.3) is 0 Å². The first-order valence-corrected chi connectivity index (χ1v) is 9.46. The lowest BCUT2D eigenvalue weighted by Crippen LogP contribution is -2.21. The first-order chi connectivity index (χ1) is 14.5. The lowest BCUT2D eigenvalue weighted by molar-refractivity contribution is -0.143. The molecule has 31 heavy (non-hydrogen) atoms. The van der Waals surface area contributed by atoms with Gasteiger partial charge in [0.15, 0.2) is 0 Å². The number of hydrogen-bond donors (Lipinski definition) is 1. The van der Waals surface area contributed by atoms with Crippen LogP contribution in [0.4, 0.5) is 26.3 Å². The van der Waals surface area contributed by atoms with E-state index in [1.807, 2.05) is 6.92 Å². The van der Waals surface area contributed by atoms with Crippen LogP contribution in [0.5, 0.6) is 5.75 Å². The van der Waals surface area contributed by atoms with Gasteiger partial charge in [-0.05, 0) is 54.0 Å². The number of carbonyl (C=O) groups excluding carboxylic acids is 1. The molecule has 168 valence electrons. The van der Waals surface area contributed by atoms with Gasteiger partial charge in [-0.2, -0.15) is 26.3 Å². The van der Waals surface area contributed by atoms with Crippen molar-refractivity contribution in [2.75, 3.05) is 6.61 Å². The van der Waals surface area contributed by atoms with Crippen LogP contribution in [-0.4, -0.2) is 12.5 Å². The number of ether oxygens (including phenoxy) is 1. The van der Waals surface area contributed by atoms with Gasteiger partial charge in [0, 0.05) is 12.6 Å². The van der Waals surface area contributed by atoms with Crippen molar-refractivity contribution in [2.45, 2.75) is 38.7 Å². The number of unbranched alkanes of at least 4 members (excludes halogenated alkanes) is 1. The van der Waals surface area contributed by atoms with Crippen LogP contribution in [-0.2, 0) is 23.7 Å². The number of carbonyl (C=O) groups is 1. The maximum Gasteiger partial charge on any atom is 0.416 e. The third kappa shape index (κ3) is 7.99. The number of rotatable bonds is 8. The zero-order valence-corrected chi connectivity index (χ0v) is 16.6. The molecule has 0 saturated heterocycles. The molecule has 1 N–H and O–H groups in total. The Bertz CT molecular complexity index is 869. The number of alkyl halides is 6. The minimum atomic E-state index is -4.94. The summed E-state index contributed by atoms with van der Waals surface area (Å²) in [5.74, 6) is 0.0225. The molecule has 2 aromatic carbocycles. The fourth-order valence-electron chi connectivity index (χ4n) is 2.55. The third-order valence-electron chi connectivity index (χ3n) is 4.19. The van der Waals surface area contributed by atoms with E-state index in [-0.39, 0.29) is 11.6 Å². The molecule has 2 aromatic rings. The van der Waals surface area contributed by atoms with Gasteiger partial charge < -0.3 is 10.1 Å². The van der Waals surface area contributed by atoms with Gasteiger partial charge in [-0.3, -0.25) is 4.79 Å². The molecule has 9 heteroatoms. The maximum absolute atomic E-state index is 12.9. The molecule has 0 saturated carbocycles. The van der Waals surface area contributed by atoms with E-state index in [4.69, 9.17) is 4.74 Å². The Labute approximate surface area is 175 Å². The van der Waals surface area contributed by atoms with Crippen LogP contribution in [0.25, 0.3) is 6.08 Å². The van der Waals surface area contributed by atoms with E-state index in [0.717, 1.165) is 18.9 Å². The van der Waals surface area contributed by atoms with Crippen molar-refractivity contribution in [2.24, 2.45) is 0 Å². The first kappa shape index (κ1) is 24.3. The van der Waals surface area contributed by atoms with Crippen LogP contribution in [0.2, 0.25) is 0 Å². The van der Waals surface area contributed by atoms with Gasteiger partial charge in [0.1, 0.15) is 5.75 Å². The van der Waals surface area contributed by atoms with E-state index in [0.29, 0.717) is 30.1 Å². The molecule has 0 unspecified atom stereocenters. The van der Waals surface area contributed by atoms with Crippen LogP contribution in [0.1, 0.15) is 42.0 Å². The summed E-state index contributed by atoms with van der Waals surface area (Å²) in [5.41, 5.74) is -2.49. The van der Waals surface area contributed by atoms with Gasteiger partial charge in [-0.15, -0.1) is 0 Å². The van der Waals surface area contributed by atoms with Gasteiger partial charge in [-0.25, -0.2) is 0 Å². The monoisotopic (exact) mass is 445 g/mol. The molecule has 0 heterocycles. The summed E-state index contributed by atoms with van der Waals surface area (Å²) < 4.78 is 82.8. The van der Waals surface area contributed by atoms with Crippen molar-refractivity contribution in [3.8, 4) is 5.75 Å². The van der Waals surface area contributed by atoms with Gasteiger partial charge in [0.05, 0.1) is 17.7 Å². The Morgan fingerprint density at radius 2 is 1.55 bits per heavy atom. The molecule has 3 nitrogen and oxygen atoms in total. The van der Waals surface area contributed by atoms with Crippen LogP contribution in [0, 0.1) is 0 Å². The summed E-state index contributed by atoms with van der Waals surface area (Å²) in [5, 5.41) is 2.29. The molecular weight excluding hydrogens is 424 g/mol. The lowest BCUT2D eigenvalue weighted by atomic mass is 10.0. The SMILES string of the molecule is CCCCOc1ccc(C=CC(=O)NCc2cc(C(F)(F)F)cc(C(F)(F)F)c2)cc1. The Kier molecular flexibility index (Phi) is 8.13. The zero-order chi connectivity index (χ0) is 23.1. The van der Waals surface area contributed by atoms with Gasteiger partial charge in [0.2, 0.25) is 5.91 Å². The second kappa shape index (κ2) is 10.4. The number of benzene rings is 2. The molecule has 0 fully saturated rings. The van der Waals surface area contributed by atoms with E-state index in [1.54, 1.807) is 24.3 Å². The quantitative estimate of drug-likeness (QED) is 0.297. The highest BCUT2D eigenvalue weighted by molar-refractivity contribution is 5.91. The van der Waals surface area contributed by atoms with E-state index >= 15 is 0 Å². The van der Waals surface area contributed by atoms with E-state index in [2.05, 4.69) is 5.32 Å². The van der Waals surface area contributed by atoms with E-state index < -0.39 is 35.9 Å². The van der Waals surface area contributed by atoms with Crippen molar-refractivity contribution in [3.05, 3.63) is 70.8 Å². The van der Waals surface area contributed by atoms with Crippen molar-refractivity contribution < 1.29 is 35.9 Å². The average Bonchev–Trinajstić information content (AvgIpc) is 2.70. The summed E-state index contributed by atoms with van der Waals surface area (Å²) in [6.07, 6.45) is -5.32. The van der Waals surface area contributed by atoms with Crippen molar-refractivity contribution >= 4 is 12.0 Å². The van der Waals surface area contributed by atoms with Crippen LogP contribution >= 0.6 is 0 Å². The van der Waals surface area contributed by atoms with Crippen molar-refractivity contribution in [1.29, 1.82) is 0 Å². The molecule has 0 aromatic heterocycles. The maximum atomic E-state index is 12.9. The molecular formula is C22H21F6NO2. The molecule has 0 spiro atoms. The smallest absolute Gasteiger partial charge is 0.416 e. The zero-order valence-electron chi connectivity index (χ0n) is 16.6.